The highest BCUT2D eigenvalue weighted by atomic mass is 32.2. The molecule has 1 aliphatic heterocycles. The van der Waals surface area contributed by atoms with E-state index < -0.39 is 19.9 Å². The third-order valence-electron chi connectivity index (χ3n) is 3.91. The molecule has 0 saturated carbocycles. The van der Waals surface area contributed by atoms with Crippen LogP contribution in [-0.2, 0) is 19.9 Å². The molecular weight excluding hydrogens is 352 g/mol. The van der Waals surface area contributed by atoms with E-state index in [9.17, 15) is 21.6 Å². The van der Waals surface area contributed by atoms with Crippen molar-refractivity contribution in [2.24, 2.45) is 0 Å². The SMILES string of the molecule is CCCS(=O)(=O)N1CCN(C(=O)c2ccc(S(C)(=O)=O)cc2)CC1. The van der Waals surface area contributed by atoms with Gasteiger partial charge in [0.15, 0.2) is 9.84 Å². The molecule has 0 N–H and O–H groups in total. The third-order valence-corrected chi connectivity index (χ3v) is 7.12. The molecule has 0 aliphatic carbocycles. The zero-order chi connectivity index (χ0) is 18.0. The molecule has 24 heavy (non-hydrogen) atoms. The highest BCUT2D eigenvalue weighted by Gasteiger charge is 2.28. The van der Waals surface area contributed by atoms with Gasteiger partial charge in [0, 0.05) is 38.0 Å². The maximum Gasteiger partial charge on any atom is 0.253 e. The number of piperazine rings is 1. The fourth-order valence-electron chi connectivity index (χ4n) is 2.58. The van der Waals surface area contributed by atoms with Gasteiger partial charge in [-0.3, -0.25) is 4.79 Å². The van der Waals surface area contributed by atoms with Crippen LogP contribution in [0.3, 0.4) is 0 Å². The number of hydrogen-bond acceptors (Lipinski definition) is 5. The van der Waals surface area contributed by atoms with Gasteiger partial charge in [0.1, 0.15) is 0 Å². The van der Waals surface area contributed by atoms with Crippen molar-refractivity contribution in [1.82, 2.24) is 9.21 Å². The predicted molar refractivity (Wildman–Crippen MR) is 91.1 cm³/mol. The molecule has 0 bridgehead atoms. The van der Waals surface area contributed by atoms with E-state index in [1.165, 1.54) is 28.6 Å². The molecule has 2 rings (SSSR count). The molecule has 0 spiro atoms. The number of sulfonamides is 1. The second-order valence-corrected chi connectivity index (χ2v) is 9.91. The average Bonchev–Trinajstić information content (AvgIpc) is 2.53. The monoisotopic (exact) mass is 374 g/mol. The van der Waals surface area contributed by atoms with Crippen LogP contribution in [0.2, 0.25) is 0 Å². The van der Waals surface area contributed by atoms with Crippen molar-refractivity contribution in [2.75, 3.05) is 38.2 Å². The summed E-state index contributed by atoms with van der Waals surface area (Å²) in [5.74, 6) is -0.101. The van der Waals surface area contributed by atoms with E-state index in [0.29, 0.717) is 25.1 Å². The van der Waals surface area contributed by atoms with E-state index in [0.717, 1.165) is 6.26 Å². The Hall–Kier alpha value is -1.45. The number of sulfone groups is 1. The summed E-state index contributed by atoms with van der Waals surface area (Å²) in [6.07, 6.45) is 1.67. The molecule has 1 aromatic carbocycles. The second-order valence-electron chi connectivity index (χ2n) is 5.80. The summed E-state index contributed by atoms with van der Waals surface area (Å²) in [6, 6.07) is 5.78. The first kappa shape index (κ1) is 18.9. The van der Waals surface area contributed by atoms with Crippen molar-refractivity contribution in [3.8, 4) is 0 Å². The molecule has 1 amide bonds. The Bertz CT molecular complexity index is 793. The summed E-state index contributed by atoms with van der Waals surface area (Å²) in [5.41, 5.74) is 0.396. The van der Waals surface area contributed by atoms with Crippen LogP contribution in [0.1, 0.15) is 23.7 Å². The highest BCUT2D eigenvalue weighted by molar-refractivity contribution is 7.90. The highest BCUT2D eigenvalue weighted by Crippen LogP contribution is 2.15. The van der Waals surface area contributed by atoms with Crippen LogP contribution in [0.5, 0.6) is 0 Å². The molecule has 1 aromatic rings. The van der Waals surface area contributed by atoms with E-state index >= 15 is 0 Å². The summed E-state index contributed by atoms with van der Waals surface area (Å²) in [5, 5.41) is 0. The fraction of sp³-hybridized carbons (Fsp3) is 0.533. The van der Waals surface area contributed by atoms with Crippen LogP contribution in [0.15, 0.2) is 29.2 Å². The molecule has 0 aromatic heterocycles. The Morgan fingerprint density at radius 2 is 1.54 bits per heavy atom. The lowest BCUT2D eigenvalue weighted by atomic mass is 10.2. The molecule has 134 valence electrons. The van der Waals surface area contributed by atoms with Gasteiger partial charge in [0.2, 0.25) is 10.0 Å². The van der Waals surface area contributed by atoms with Gasteiger partial charge < -0.3 is 4.90 Å². The molecular formula is C15H22N2O5S2. The normalized spacial score (nSPS) is 17.0. The quantitative estimate of drug-likeness (QED) is 0.752. The maximum absolute atomic E-state index is 12.5. The molecule has 0 unspecified atom stereocenters. The average molecular weight is 374 g/mol. The molecule has 9 heteroatoms. The first-order chi connectivity index (χ1) is 11.1. The number of carbonyl (C=O) groups excluding carboxylic acids is 1. The van der Waals surface area contributed by atoms with Gasteiger partial charge in [0.25, 0.3) is 5.91 Å². The maximum atomic E-state index is 12.5. The van der Waals surface area contributed by atoms with Crippen molar-refractivity contribution in [3.05, 3.63) is 29.8 Å². The standard InChI is InChI=1S/C15H22N2O5S2/c1-3-12-24(21,22)17-10-8-16(9-11-17)15(18)13-4-6-14(7-5-13)23(2,19)20/h4-7H,3,8-12H2,1-2H3. The van der Waals surface area contributed by atoms with Crippen LogP contribution in [-0.4, -0.2) is 70.1 Å². The Labute approximate surface area is 143 Å². The van der Waals surface area contributed by atoms with Crippen molar-refractivity contribution in [3.63, 3.8) is 0 Å². The second kappa shape index (κ2) is 7.20. The summed E-state index contributed by atoms with van der Waals surface area (Å²) < 4.78 is 48.4. The van der Waals surface area contributed by atoms with Gasteiger partial charge in [-0.15, -0.1) is 0 Å². The predicted octanol–water partition coefficient (Wildman–Crippen LogP) is 0.588. The van der Waals surface area contributed by atoms with E-state index in [-0.39, 0.29) is 29.6 Å². The fourth-order valence-corrected chi connectivity index (χ4v) is 4.71. The van der Waals surface area contributed by atoms with Gasteiger partial charge in [-0.1, -0.05) is 6.92 Å². The summed E-state index contributed by atoms with van der Waals surface area (Å²) in [4.78, 5) is 14.2. The van der Waals surface area contributed by atoms with Crippen molar-refractivity contribution < 1.29 is 21.6 Å². The van der Waals surface area contributed by atoms with Crippen LogP contribution in [0.4, 0.5) is 0 Å². The largest absolute Gasteiger partial charge is 0.336 e. The van der Waals surface area contributed by atoms with Gasteiger partial charge in [0.05, 0.1) is 10.6 Å². The molecule has 0 radical (unpaired) electrons. The Kier molecular flexibility index (Phi) is 5.67. The molecule has 1 saturated heterocycles. The Morgan fingerprint density at radius 1 is 1.00 bits per heavy atom. The zero-order valence-electron chi connectivity index (χ0n) is 13.8. The van der Waals surface area contributed by atoms with E-state index in [1.54, 1.807) is 4.90 Å². The minimum atomic E-state index is -3.30. The lowest BCUT2D eigenvalue weighted by Gasteiger charge is -2.34. The smallest absolute Gasteiger partial charge is 0.253 e. The van der Waals surface area contributed by atoms with Crippen LogP contribution < -0.4 is 0 Å². The van der Waals surface area contributed by atoms with Gasteiger partial charge in [-0.25, -0.2) is 16.8 Å². The zero-order valence-corrected chi connectivity index (χ0v) is 15.4. The molecule has 1 aliphatic rings. The first-order valence-corrected chi connectivity index (χ1v) is 11.2. The molecule has 1 heterocycles. The van der Waals surface area contributed by atoms with Gasteiger partial charge in [-0.05, 0) is 30.7 Å². The third kappa shape index (κ3) is 4.34. The van der Waals surface area contributed by atoms with E-state index in [2.05, 4.69) is 0 Å². The topological polar surface area (TPSA) is 91.8 Å². The number of carbonyl (C=O) groups is 1. The van der Waals surface area contributed by atoms with Gasteiger partial charge >= 0.3 is 0 Å². The number of amides is 1. The lowest BCUT2D eigenvalue weighted by molar-refractivity contribution is 0.0698. The van der Waals surface area contributed by atoms with E-state index in [4.69, 9.17) is 0 Å². The van der Waals surface area contributed by atoms with Crippen LogP contribution in [0.25, 0.3) is 0 Å². The van der Waals surface area contributed by atoms with Crippen molar-refractivity contribution in [1.29, 1.82) is 0 Å². The Balaban J connectivity index is 2.03. The van der Waals surface area contributed by atoms with Gasteiger partial charge in [-0.2, -0.15) is 4.31 Å². The van der Waals surface area contributed by atoms with Crippen molar-refractivity contribution >= 4 is 25.8 Å². The number of benzene rings is 1. The van der Waals surface area contributed by atoms with Crippen LogP contribution >= 0.6 is 0 Å². The molecule has 7 nitrogen and oxygen atoms in total. The lowest BCUT2D eigenvalue weighted by Crippen LogP contribution is -2.51. The minimum absolute atomic E-state index is 0.119. The van der Waals surface area contributed by atoms with Crippen molar-refractivity contribution in [2.45, 2.75) is 18.2 Å². The number of nitrogens with zero attached hydrogens (tertiary/aromatic N) is 2. The summed E-state index contributed by atoms with van der Waals surface area (Å²) in [7, 11) is -6.54. The number of rotatable bonds is 5. The summed E-state index contributed by atoms with van der Waals surface area (Å²) >= 11 is 0. The minimum Gasteiger partial charge on any atom is -0.336 e. The molecule has 1 fully saturated rings. The summed E-state index contributed by atoms with van der Waals surface area (Å²) in [6.45, 7) is 3.05. The first-order valence-electron chi connectivity index (χ1n) is 7.72. The Morgan fingerprint density at radius 3 is 2.00 bits per heavy atom. The van der Waals surface area contributed by atoms with E-state index in [1.807, 2.05) is 6.92 Å². The molecule has 0 atom stereocenters. The number of hydrogen-bond donors (Lipinski definition) is 0. The van der Waals surface area contributed by atoms with Crippen LogP contribution in [0, 0.1) is 0 Å².